The fourth-order valence-corrected chi connectivity index (χ4v) is 8.02. The number of benzene rings is 9. The van der Waals surface area contributed by atoms with E-state index in [0.717, 1.165) is 39.0 Å². The minimum Gasteiger partial charge on any atom is -0.436 e. The van der Waals surface area contributed by atoms with Gasteiger partial charge in [-0.2, -0.15) is 0 Å². The first-order valence-electron chi connectivity index (χ1n) is 18.9. The first-order valence-corrected chi connectivity index (χ1v) is 18.9. The Labute approximate surface area is 320 Å². The van der Waals surface area contributed by atoms with Gasteiger partial charge in [-0.3, -0.25) is 4.99 Å². The molecule has 0 amide bonds. The zero-order valence-corrected chi connectivity index (χ0v) is 31.0. The number of para-hydroxylation sites is 1. The summed E-state index contributed by atoms with van der Waals surface area (Å²) >= 11 is 0. The first-order chi connectivity index (χ1) is 26.9. The summed E-state index contributed by atoms with van der Waals surface area (Å²) in [5.41, 5.74) is 9.98. The van der Waals surface area contributed by atoms with Crippen molar-refractivity contribution in [2.75, 3.05) is 0 Å². The third-order valence-corrected chi connectivity index (χ3v) is 10.9. The maximum atomic E-state index is 6.67. The number of aromatic nitrogens is 1. The van der Waals surface area contributed by atoms with Crippen molar-refractivity contribution in [2.45, 2.75) is 26.2 Å². The van der Waals surface area contributed by atoms with E-state index in [1.54, 1.807) is 0 Å². The van der Waals surface area contributed by atoms with Crippen LogP contribution < -0.4 is 0 Å². The van der Waals surface area contributed by atoms with E-state index in [1.807, 2.05) is 30.5 Å². The zero-order valence-electron chi connectivity index (χ0n) is 31.0. The Kier molecular flexibility index (Phi) is 7.71. The molecule has 0 N–H and O–H groups in total. The number of hydrogen-bond acceptors (Lipinski definition) is 3. The highest BCUT2D eigenvalue weighted by atomic mass is 16.3. The lowest BCUT2D eigenvalue weighted by molar-refractivity contribution is 0.584. The van der Waals surface area contributed by atoms with Crippen molar-refractivity contribution in [3.63, 3.8) is 0 Å². The third-order valence-electron chi connectivity index (χ3n) is 10.9. The Bertz CT molecular complexity index is 3120. The van der Waals surface area contributed by atoms with Crippen molar-refractivity contribution in [2.24, 2.45) is 4.99 Å². The van der Waals surface area contributed by atoms with Crippen molar-refractivity contribution >= 4 is 66.1 Å². The highest BCUT2D eigenvalue weighted by molar-refractivity contribution is 6.15. The molecule has 0 aliphatic heterocycles. The first kappa shape index (κ1) is 32.8. The van der Waals surface area contributed by atoms with Crippen LogP contribution in [-0.2, 0) is 5.41 Å². The zero-order chi connectivity index (χ0) is 37.1. The van der Waals surface area contributed by atoms with Gasteiger partial charge in [-0.05, 0) is 107 Å². The van der Waals surface area contributed by atoms with E-state index in [1.165, 1.54) is 59.8 Å². The van der Waals surface area contributed by atoms with Gasteiger partial charge >= 0.3 is 0 Å². The van der Waals surface area contributed by atoms with Gasteiger partial charge in [-0.25, -0.2) is 4.98 Å². The molecule has 3 heteroatoms. The summed E-state index contributed by atoms with van der Waals surface area (Å²) < 4.78 is 6.67. The molecule has 0 radical (unpaired) electrons. The minimum atomic E-state index is -0.0926. The van der Waals surface area contributed by atoms with Gasteiger partial charge < -0.3 is 4.42 Å². The van der Waals surface area contributed by atoms with Crippen LogP contribution in [0.15, 0.2) is 179 Å². The fourth-order valence-electron chi connectivity index (χ4n) is 8.02. The van der Waals surface area contributed by atoms with Crippen LogP contribution in [0.1, 0.15) is 31.9 Å². The lowest BCUT2D eigenvalue weighted by Gasteiger charge is -2.20. The van der Waals surface area contributed by atoms with Crippen LogP contribution in [0.2, 0.25) is 0 Å². The van der Waals surface area contributed by atoms with Crippen LogP contribution in [0.5, 0.6) is 0 Å². The Morgan fingerprint density at radius 1 is 0.491 bits per heavy atom. The van der Waals surface area contributed by atoms with Crippen molar-refractivity contribution in [1.29, 1.82) is 0 Å². The van der Waals surface area contributed by atoms with E-state index >= 15 is 0 Å². The lowest BCUT2D eigenvalue weighted by atomic mass is 9.85. The van der Waals surface area contributed by atoms with Crippen molar-refractivity contribution in [3.05, 3.63) is 181 Å². The highest BCUT2D eigenvalue weighted by Crippen LogP contribution is 2.41. The predicted molar refractivity (Wildman–Crippen MR) is 233 cm³/mol. The van der Waals surface area contributed by atoms with Gasteiger partial charge in [0.05, 0.1) is 11.3 Å². The van der Waals surface area contributed by atoms with E-state index < -0.39 is 0 Å². The number of oxazole rings is 1. The number of rotatable bonds is 5. The van der Waals surface area contributed by atoms with E-state index in [0.29, 0.717) is 5.89 Å². The van der Waals surface area contributed by atoms with Crippen LogP contribution in [0.4, 0.5) is 5.69 Å². The second-order valence-electron chi connectivity index (χ2n) is 15.4. The number of nitrogens with zero attached hydrogens (tertiary/aromatic N) is 2. The average molecular weight is 707 g/mol. The van der Waals surface area contributed by atoms with Crippen LogP contribution in [0.25, 0.3) is 87.9 Å². The summed E-state index contributed by atoms with van der Waals surface area (Å²) in [6.45, 7) is 6.72. The van der Waals surface area contributed by atoms with Crippen molar-refractivity contribution < 1.29 is 4.42 Å². The normalized spacial score (nSPS) is 12.2. The highest BCUT2D eigenvalue weighted by Gasteiger charge is 2.22. The molecule has 9 aromatic carbocycles. The predicted octanol–water partition coefficient (Wildman–Crippen LogP) is 14.5. The fraction of sp³-hybridized carbons (Fsp3) is 0.0769. The second-order valence-corrected chi connectivity index (χ2v) is 15.4. The third kappa shape index (κ3) is 5.77. The molecule has 1 aromatic heterocycles. The largest absolute Gasteiger partial charge is 0.436 e. The standard InChI is InChI=1S/C52H38N2O/c1-52(2,3)38-30-47(34-26-24-33(25-27-34)46-29-36-15-5-7-17-40(36)43-20-10-11-21-44(43)46)50-49(31-38)55-51(54-50)45-22-12-13-23-48(45)53-32-37-28-35-14-4-6-16-39(35)42-19-9-8-18-41(37)42/h4-32H,1-3H3. The summed E-state index contributed by atoms with van der Waals surface area (Å²) in [4.78, 5) is 10.3. The molecule has 0 spiro atoms. The Morgan fingerprint density at radius 2 is 1.04 bits per heavy atom. The summed E-state index contributed by atoms with van der Waals surface area (Å²) in [7, 11) is 0. The summed E-state index contributed by atoms with van der Waals surface area (Å²) in [6, 6.07) is 60.4. The molecule has 55 heavy (non-hydrogen) atoms. The summed E-state index contributed by atoms with van der Waals surface area (Å²) in [5, 5.41) is 9.85. The van der Waals surface area contributed by atoms with Crippen LogP contribution in [-0.4, -0.2) is 11.2 Å². The van der Waals surface area contributed by atoms with E-state index in [-0.39, 0.29) is 5.41 Å². The molecule has 262 valence electrons. The van der Waals surface area contributed by atoms with Gasteiger partial charge in [-0.1, -0.05) is 154 Å². The van der Waals surface area contributed by atoms with Gasteiger partial charge in [-0.15, -0.1) is 0 Å². The van der Waals surface area contributed by atoms with Crippen LogP contribution in [0.3, 0.4) is 0 Å². The van der Waals surface area contributed by atoms with Crippen molar-refractivity contribution in [1.82, 2.24) is 4.98 Å². The Hall–Kier alpha value is -6.84. The molecule has 10 aromatic rings. The van der Waals surface area contributed by atoms with E-state index in [9.17, 15) is 0 Å². The molecule has 0 saturated heterocycles. The SMILES string of the molecule is CC(C)(C)c1cc(-c2ccc(-c3cc4ccccc4c4ccccc34)cc2)c2nc(-c3ccccc3N=Cc3cc4ccccc4c4ccccc34)oc2c1. The molecule has 0 saturated carbocycles. The molecule has 1 heterocycles. The van der Waals surface area contributed by atoms with E-state index in [2.05, 4.69) is 166 Å². The Morgan fingerprint density at radius 3 is 1.73 bits per heavy atom. The number of aliphatic imine (C=N–C) groups is 1. The smallest absolute Gasteiger partial charge is 0.229 e. The topological polar surface area (TPSA) is 38.4 Å². The second kappa shape index (κ2) is 12.9. The maximum absolute atomic E-state index is 6.67. The van der Waals surface area contributed by atoms with E-state index in [4.69, 9.17) is 14.4 Å². The van der Waals surface area contributed by atoms with Gasteiger partial charge in [0.2, 0.25) is 5.89 Å². The minimum absolute atomic E-state index is 0.0926. The van der Waals surface area contributed by atoms with Gasteiger partial charge in [0.25, 0.3) is 0 Å². The van der Waals surface area contributed by atoms with Crippen LogP contribution >= 0.6 is 0 Å². The quantitative estimate of drug-likeness (QED) is 0.132. The molecular formula is C52H38N2O. The molecule has 0 aliphatic carbocycles. The molecule has 0 aliphatic rings. The molecule has 10 rings (SSSR count). The van der Waals surface area contributed by atoms with Gasteiger partial charge in [0.1, 0.15) is 5.52 Å². The average Bonchev–Trinajstić information content (AvgIpc) is 3.66. The molecular weight excluding hydrogens is 669 g/mol. The van der Waals surface area contributed by atoms with Gasteiger partial charge in [0, 0.05) is 17.3 Å². The lowest BCUT2D eigenvalue weighted by Crippen LogP contribution is -2.11. The van der Waals surface area contributed by atoms with Crippen molar-refractivity contribution in [3.8, 4) is 33.7 Å². The Balaban J connectivity index is 1.07. The van der Waals surface area contributed by atoms with Gasteiger partial charge in [0.15, 0.2) is 5.58 Å². The molecule has 0 bridgehead atoms. The summed E-state index contributed by atoms with van der Waals surface area (Å²) in [5.74, 6) is 0.553. The molecule has 0 fully saturated rings. The molecule has 3 nitrogen and oxygen atoms in total. The number of hydrogen-bond donors (Lipinski definition) is 0. The molecule has 0 unspecified atom stereocenters. The van der Waals surface area contributed by atoms with Crippen LogP contribution in [0, 0.1) is 0 Å². The monoisotopic (exact) mass is 706 g/mol. The maximum Gasteiger partial charge on any atom is 0.229 e. The summed E-state index contributed by atoms with van der Waals surface area (Å²) in [6.07, 6.45) is 1.97. The number of fused-ring (bicyclic) bond motifs is 7. The molecule has 0 atom stereocenters.